The van der Waals surface area contributed by atoms with Gasteiger partial charge in [0.1, 0.15) is 0 Å². The smallest absolute Gasteiger partial charge is 0.0533 e. The van der Waals surface area contributed by atoms with Crippen molar-refractivity contribution in [3.8, 4) is 0 Å². The zero-order chi connectivity index (χ0) is 12.2. The molecule has 0 aromatic heterocycles. The Hall–Kier alpha value is 0.250. The normalized spacial score (nSPS) is 31.7. The Morgan fingerprint density at radius 1 is 1.25 bits per heavy atom. The molecule has 0 aromatic rings. The third-order valence-electron chi connectivity index (χ3n) is 4.17. The second-order valence-corrected chi connectivity index (χ2v) is 6.68. The summed E-state index contributed by atoms with van der Waals surface area (Å²) >= 11 is 6.15. The average molecular weight is 247 g/mol. The van der Waals surface area contributed by atoms with E-state index < -0.39 is 0 Å². The Kier molecular flexibility index (Phi) is 5.12. The maximum absolute atomic E-state index is 6.15. The van der Waals surface area contributed by atoms with Crippen LogP contribution in [0.4, 0.5) is 0 Å². The predicted molar refractivity (Wildman–Crippen MR) is 71.1 cm³/mol. The number of alkyl halides is 1. The van der Waals surface area contributed by atoms with Crippen LogP contribution in [-0.2, 0) is 4.74 Å². The van der Waals surface area contributed by atoms with E-state index in [1.54, 1.807) is 0 Å². The summed E-state index contributed by atoms with van der Waals surface area (Å²) in [6.07, 6.45) is 5.09. The van der Waals surface area contributed by atoms with Gasteiger partial charge < -0.3 is 4.74 Å². The van der Waals surface area contributed by atoms with E-state index in [0.717, 1.165) is 25.0 Å². The maximum atomic E-state index is 6.15. The van der Waals surface area contributed by atoms with Gasteiger partial charge in [-0.25, -0.2) is 0 Å². The second-order valence-electron chi connectivity index (χ2n) is 6.41. The van der Waals surface area contributed by atoms with Gasteiger partial charge in [0.15, 0.2) is 0 Å². The van der Waals surface area contributed by atoms with Gasteiger partial charge in [-0.1, -0.05) is 20.8 Å². The number of ether oxygens (including phenoxy) is 1. The summed E-state index contributed by atoms with van der Waals surface area (Å²) in [7, 11) is 0. The van der Waals surface area contributed by atoms with Crippen molar-refractivity contribution in [2.75, 3.05) is 19.1 Å². The van der Waals surface area contributed by atoms with E-state index in [-0.39, 0.29) is 5.41 Å². The lowest BCUT2D eigenvalue weighted by atomic mass is 9.65. The van der Waals surface area contributed by atoms with Crippen LogP contribution in [0.5, 0.6) is 0 Å². The molecule has 1 aliphatic rings. The number of hydrogen-bond donors (Lipinski definition) is 0. The molecule has 0 aromatic carbocycles. The van der Waals surface area contributed by atoms with E-state index >= 15 is 0 Å². The summed E-state index contributed by atoms with van der Waals surface area (Å²) in [5, 5.41) is 0. The molecular formula is C14H27ClO. The molecule has 0 N–H and O–H groups in total. The van der Waals surface area contributed by atoms with Gasteiger partial charge in [-0.15, -0.1) is 11.6 Å². The minimum atomic E-state index is 0.263. The molecule has 1 rings (SSSR count). The number of halogens is 1. The van der Waals surface area contributed by atoms with E-state index in [9.17, 15) is 0 Å². The molecule has 96 valence electrons. The summed E-state index contributed by atoms with van der Waals surface area (Å²) in [6.45, 7) is 10.8. The minimum Gasteiger partial charge on any atom is -0.381 e. The molecule has 0 radical (unpaired) electrons. The van der Waals surface area contributed by atoms with E-state index in [0.29, 0.717) is 5.41 Å². The van der Waals surface area contributed by atoms with Crippen LogP contribution in [0.3, 0.4) is 0 Å². The molecule has 0 heterocycles. The van der Waals surface area contributed by atoms with E-state index in [1.165, 1.54) is 25.7 Å². The highest BCUT2D eigenvalue weighted by Crippen LogP contribution is 2.46. The van der Waals surface area contributed by atoms with E-state index in [2.05, 4.69) is 27.7 Å². The van der Waals surface area contributed by atoms with E-state index in [4.69, 9.17) is 16.3 Å². The summed E-state index contributed by atoms with van der Waals surface area (Å²) in [5.41, 5.74) is 0.712. The lowest BCUT2D eigenvalue weighted by Gasteiger charge is -2.43. The Bertz CT molecular complexity index is 199. The van der Waals surface area contributed by atoms with Crippen LogP contribution >= 0.6 is 11.6 Å². The molecule has 0 saturated heterocycles. The molecule has 2 heteroatoms. The van der Waals surface area contributed by atoms with Crippen molar-refractivity contribution in [1.82, 2.24) is 0 Å². The van der Waals surface area contributed by atoms with Crippen molar-refractivity contribution < 1.29 is 4.74 Å². The summed E-state index contributed by atoms with van der Waals surface area (Å²) in [4.78, 5) is 0. The maximum Gasteiger partial charge on any atom is 0.0533 e. The van der Waals surface area contributed by atoms with Gasteiger partial charge in [0.05, 0.1) is 6.61 Å². The lowest BCUT2D eigenvalue weighted by molar-refractivity contribution is 0.0141. The molecule has 0 atom stereocenters. The fourth-order valence-electron chi connectivity index (χ4n) is 2.73. The SMILES string of the molecule is CCOCC1(CCl)CCC(C(C)(C)C)CC1. The van der Waals surface area contributed by atoms with Crippen LogP contribution < -0.4 is 0 Å². The van der Waals surface area contributed by atoms with Crippen LogP contribution in [0.25, 0.3) is 0 Å². The van der Waals surface area contributed by atoms with Crippen LogP contribution in [0.1, 0.15) is 53.4 Å². The zero-order valence-electron chi connectivity index (χ0n) is 11.3. The third kappa shape index (κ3) is 3.63. The first kappa shape index (κ1) is 14.3. The van der Waals surface area contributed by atoms with Gasteiger partial charge in [-0.05, 0) is 43.9 Å². The Morgan fingerprint density at radius 3 is 2.19 bits per heavy atom. The molecule has 16 heavy (non-hydrogen) atoms. The predicted octanol–water partition coefficient (Wildman–Crippen LogP) is 4.48. The Morgan fingerprint density at radius 2 is 1.81 bits per heavy atom. The lowest BCUT2D eigenvalue weighted by Crippen LogP contribution is -2.37. The first-order chi connectivity index (χ1) is 7.43. The molecule has 0 bridgehead atoms. The zero-order valence-corrected chi connectivity index (χ0v) is 12.1. The fraction of sp³-hybridized carbons (Fsp3) is 1.00. The quantitative estimate of drug-likeness (QED) is 0.665. The van der Waals surface area contributed by atoms with Gasteiger partial charge in [0.2, 0.25) is 0 Å². The van der Waals surface area contributed by atoms with Gasteiger partial charge in [-0.3, -0.25) is 0 Å². The van der Waals surface area contributed by atoms with Crippen LogP contribution in [0.2, 0.25) is 0 Å². The molecule has 1 fully saturated rings. The van der Waals surface area contributed by atoms with Gasteiger partial charge in [0.25, 0.3) is 0 Å². The third-order valence-corrected chi connectivity index (χ3v) is 4.73. The minimum absolute atomic E-state index is 0.263. The molecule has 1 nitrogen and oxygen atoms in total. The van der Waals surface area contributed by atoms with Crippen LogP contribution in [0.15, 0.2) is 0 Å². The standard InChI is InChI=1S/C14H27ClO/c1-5-16-11-14(10-15)8-6-12(7-9-14)13(2,3)4/h12H,5-11H2,1-4H3. The van der Waals surface area contributed by atoms with Gasteiger partial charge in [0, 0.05) is 17.9 Å². The Labute approximate surface area is 106 Å². The molecule has 1 saturated carbocycles. The van der Waals surface area contributed by atoms with Crippen molar-refractivity contribution >= 4 is 11.6 Å². The Balaban J connectivity index is 2.50. The topological polar surface area (TPSA) is 9.23 Å². The van der Waals surface area contributed by atoms with Gasteiger partial charge in [-0.2, -0.15) is 0 Å². The molecule has 1 aliphatic carbocycles. The van der Waals surface area contributed by atoms with Crippen LogP contribution in [-0.4, -0.2) is 19.1 Å². The average Bonchev–Trinajstić information content (AvgIpc) is 2.26. The molecular weight excluding hydrogens is 220 g/mol. The van der Waals surface area contributed by atoms with Gasteiger partial charge >= 0.3 is 0 Å². The first-order valence-electron chi connectivity index (χ1n) is 6.57. The molecule has 0 unspecified atom stereocenters. The number of hydrogen-bond acceptors (Lipinski definition) is 1. The fourth-order valence-corrected chi connectivity index (χ4v) is 3.08. The monoisotopic (exact) mass is 246 g/mol. The summed E-state index contributed by atoms with van der Waals surface area (Å²) in [6, 6.07) is 0. The highest BCUT2D eigenvalue weighted by Gasteiger charge is 2.38. The summed E-state index contributed by atoms with van der Waals surface area (Å²) in [5.74, 6) is 1.61. The van der Waals surface area contributed by atoms with Crippen molar-refractivity contribution in [3.63, 3.8) is 0 Å². The van der Waals surface area contributed by atoms with Crippen molar-refractivity contribution in [3.05, 3.63) is 0 Å². The molecule has 0 aliphatic heterocycles. The van der Waals surface area contributed by atoms with Crippen molar-refractivity contribution in [1.29, 1.82) is 0 Å². The summed E-state index contributed by atoms with van der Waals surface area (Å²) < 4.78 is 5.60. The van der Waals surface area contributed by atoms with Crippen molar-refractivity contribution in [2.24, 2.45) is 16.7 Å². The molecule has 0 spiro atoms. The second kappa shape index (κ2) is 5.73. The first-order valence-corrected chi connectivity index (χ1v) is 7.11. The largest absolute Gasteiger partial charge is 0.381 e. The van der Waals surface area contributed by atoms with E-state index in [1.807, 2.05) is 0 Å². The highest BCUT2D eigenvalue weighted by atomic mass is 35.5. The van der Waals surface area contributed by atoms with Crippen LogP contribution in [0, 0.1) is 16.7 Å². The van der Waals surface area contributed by atoms with Crippen molar-refractivity contribution in [2.45, 2.75) is 53.4 Å². The number of rotatable bonds is 4. The molecule has 0 amide bonds. The highest BCUT2D eigenvalue weighted by molar-refractivity contribution is 6.18.